The summed E-state index contributed by atoms with van der Waals surface area (Å²) in [6, 6.07) is 44.6. The second kappa shape index (κ2) is 15.9. The van der Waals surface area contributed by atoms with Crippen molar-refractivity contribution in [2.45, 2.75) is 69.8 Å². The van der Waals surface area contributed by atoms with E-state index >= 15 is 0 Å². The number of rotatable bonds is 15. The van der Waals surface area contributed by atoms with Gasteiger partial charge in [0.15, 0.2) is 0 Å². The average Bonchev–Trinajstić information content (AvgIpc) is 3.54. The molecule has 7 nitrogen and oxygen atoms in total. The lowest BCUT2D eigenvalue weighted by Gasteiger charge is -2.50. The van der Waals surface area contributed by atoms with Gasteiger partial charge in [0.1, 0.15) is 29.7 Å². The molecule has 0 radical (unpaired) electrons. The second-order valence-electron chi connectivity index (χ2n) is 13.4. The second-order valence-corrected chi connectivity index (χ2v) is 13.4. The standard InChI is InChI=1S/C44H46O7/c1-3-46-39-23-20-33(21-24-39)25-37-26-38(22-19-32(37)2)44-42(49-29-36-17-11-6-12-18-36)40(47-27-34-13-7-4-8-14-34)41(43(30-45,51-44)31-50-44)48-28-35-15-9-5-10-16-35/h4-24,26,40-42,45H,3,25,27-31H2,1-2H3/t40-,41-,42-,43-,44-/m0/s1. The maximum atomic E-state index is 11.2. The Bertz CT molecular complexity index is 1830. The van der Waals surface area contributed by atoms with Crippen LogP contribution in [-0.2, 0) is 55.7 Å². The van der Waals surface area contributed by atoms with E-state index in [2.05, 4.69) is 31.2 Å². The van der Waals surface area contributed by atoms with Crippen LogP contribution in [0.25, 0.3) is 0 Å². The third kappa shape index (κ3) is 7.65. The van der Waals surface area contributed by atoms with Crippen LogP contribution >= 0.6 is 0 Å². The van der Waals surface area contributed by atoms with Crippen molar-refractivity contribution in [2.75, 3.05) is 19.8 Å². The molecule has 1 N–H and O–H groups in total. The van der Waals surface area contributed by atoms with Crippen LogP contribution in [0, 0.1) is 6.92 Å². The Labute approximate surface area is 300 Å². The smallest absolute Gasteiger partial charge is 0.225 e. The predicted octanol–water partition coefficient (Wildman–Crippen LogP) is 7.69. The zero-order valence-corrected chi connectivity index (χ0v) is 29.3. The molecule has 2 aliphatic rings. The summed E-state index contributed by atoms with van der Waals surface area (Å²) in [5.41, 5.74) is 6.06. The van der Waals surface area contributed by atoms with E-state index in [1.807, 2.05) is 116 Å². The van der Waals surface area contributed by atoms with Crippen molar-refractivity contribution in [1.29, 1.82) is 0 Å². The molecular formula is C44H46O7. The van der Waals surface area contributed by atoms with E-state index in [-0.39, 0.29) is 13.2 Å². The molecule has 7 rings (SSSR count). The third-order valence-corrected chi connectivity index (χ3v) is 9.85. The van der Waals surface area contributed by atoms with Gasteiger partial charge in [0, 0.05) is 5.56 Å². The quantitative estimate of drug-likeness (QED) is 0.121. The van der Waals surface area contributed by atoms with Crippen molar-refractivity contribution in [3.63, 3.8) is 0 Å². The number of hydrogen-bond donors (Lipinski definition) is 1. The molecule has 51 heavy (non-hydrogen) atoms. The van der Waals surface area contributed by atoms with Gasteiger partial charge >= 0.3 is 0 Å². The molecule has 2 heterocycles. The molecule has 0 aromatic heterocycles. The van der Waals surface area contributed by atoms with Crippen molar-refractivity contribution in [3.8, 4) is 5.75 Å². The van der Waals surface area contributed by atoms with E-state index in [1.165, 1.54) is 0 Å². The first-order valence-corrected chi connectivity index (χ1v) is 17.8. The van der Waals surface area contributed by atoms with E-state index in [9.17, 15) is 5.11 Å². The first kappa shape index (κ1) is 35.1. The van der Waals surface area contributed by atoms with Crippen LogP contribution in [0.2, 0.25) is 0 Å². The first-order valence-electron chi connectivity index (χ1n) is 17.8. The SMILES string of the molecule is CCOc1ccc(Cc2cc([C@]34OC[C@](CO)(O3)[C@@H](OCc3ccccc3)[C@H](OCc3ccccc3)[C@@H]4OCc3ccccc3)ccc2C)cc1. The summed E-state index contributed by atoms with van der Waals surface area (Å²) in [5.74, 6) is -0.530. The summed E-state index contributed by atoms with van der Waals surface area (Å²) in [6.45, 7) is 5.42. The van der Waals surface area contributed by atoms with Crippen LogP contribution in [0.4, 0.5) is 0 Å². The monoisotopic (exact) mass is 686 g/mol. The van der Waals surface area contributed by atoms with Crippen molar-refractivity contribution in [1.82, 2.24) is 0 Å². The molecule has 7 heteroatoms. The van der Waals surface area contributed by atoms with E-state index in [1.54, 1.807) is 0 Å². The number of aryl methyl sites for hydroxylation is 1. The van der Waals surface area contributed by atoms with Crippen molar-refractivity contribution >= 4 is 0 Å². The van der Waals surface area contributed by atoms with Crippen molar-refractivity contribution in [2.24, 2.45) is 0 Å². The molecule has 5 aromatic carbocycles. The summed E-state index contributed by atoms with van der Waals surface area (Å²) in [7, 11) is 0. The molecule has 5 aromatic rings. The molecule has 264 valence electrons. The number of benzene rings is 5. The minimum absolute atomic E-state index is 0.0987. The van der Waals surface area contributed by atoms with Crippen LogP contribution in [0.3, 0.4) is 0 Å². The number of ether oxygens (including phenoxy) is 6. The first-order chi connectivity index (χ1) is 25.0. The molecule has 0 unspecified atom stereocenters. The highest BCUT2D eigenvalue weighted by molar-refractivity contribution is 5.40. The minimum atomic E-state index is -1.38. The topological polar surface area (TPSA) is 75.6 Å². The van der Waals surface area contributed by atoms with Gasteiger partial charge in [-0.25, -0.2) is 0 Å². The summed E-state index contributed by atoms with van der Waals surface area (Å²) < 4.78 is 40.1. The van der Waals surface area contributed by atoms with Gasteiger partial charge in [0.05, 0.1) is 39.6 Å². The van der Waals surface area contributed by atoms with Crippen LogP contribution in [-0.4, -0.2) is 48.8 Å². The van der Waals surface area contributed by atoms with E-state index in [0.717, 1.165) is 44.7 Å². The van der Waals surface area contributed by atoms with Crippen LogP contribution in [0.5, 0.6) is 5.75 Å². The summed E-state index contributed by atoms with van der Waals surface area (Å²) in [4.78, 5) is 0. The zero-order chi connectivity index (χ0) is 35.1. The molecule has 0 amide bonds. The maximum Gasteiger partial charge on any atom is 0.225 e. The van der Waals surface area contributed by atoms with Gasteiger partial charge in [0.25, 0.3) is 0 Å². The average molecular weight is 687 g/mol. The number of aliphatic hydroxyl groups is 1. The van der Waals surface area contributed by atoms with E-state index in [0.29, 0.717) is 32.8 Å². The van der Waals surface area contributed by atoms with Crippen LogP contribution in [0.15, 0.2) is 133 Å². The predicted molar refractivity (Wildman–Crippen MR) is 195 cm³/mol. The summed E-state index contributed by atoms with van der Waals surface area (Å²) in [6.07, 6.45) is -1.43. The fourth-order valence-electron chi connectivity index (χ4n) is 7.10. The van der Waals surface area contributed by atoms with Gasteiger partial charge in [-0.1, -0.05) is 115 Å². The Morgan fingerprint density at radius 2 is 1.24 bits per heavy atom. The molecule has 0 saturated carbocycles. The fraction of sp³-hybridized carbons (Fsp3) is 0.318. The lowest BCUT2D eigenvalue weighted by atomic mass is 9.82. The normalized spacial score (nSPS) is 24.0. The highest BCUT2D eigenvalue weighted by Gasteiger charge is 2.69. The van der Waals surface area contributed by atoms with Gasteiger partial charge in [-0.3, -0.25) is 0 Å². The Kier molecular flexibility index (Phi) is 10.9. The number of aliphatic hydroxyl groups excluding tert-OH is 1. The highest BCUT2D eigenvalue weighted by atomic mass is 16.8. The number of fused-ring (bicyclic) bond motifs is 2. The molecule has 2 aliphatic heterocycles. The summed E-state index contributed by atoms with van der Waals surface area (Å²) in [5, 5.41) is 11.2. The van der Waals surface area contributed by atoms with Gasteiger partial charge < -0.3 is 33.5 Å². The van der Waals surface area contributed by atoms with Gasteiger partial charge in [-0.2, -0.15) is 0 Å². The Morgan fingerprint density at radius 3 is 1.80 bits per heavy atom. The molecule has 2 fully saturated rings. The van der Waals surface area contributed by atoms with Gasteiger partial charge in [-0.05, 0) is 71.8 Å². The largest absolute Gasteiger partial charge is 0.494 e. The number of hydrogen-bond acceptors (Lipinski definition) is 7. The van der Waals surface area contributed by atoms with Crippen LogP contribution < -0.4 is 4.74 Å². The molecule has 5 atom stereocenters. The zero-order valence-electron chi connectivity index (χ0n) is 29.3. The molecule has 2 bridgehead atoms. The fourth-order valence-corrected chi connectivity index (χ4v) is 7.10. The Morgan fingerprint density at radius 1 is 0.667 bits per heavy atom. The highest BCUT2D eigenvalue weighted by Crippen LogP contribution is 2.53. The molecule has 2 saturated heterocycles. The van der Waals surface area contributed by atoms with Crippen LogP contribution in [0.1, 0.15) is 45.9 Å². The Balaban J connectivity index is 1.28. The van der Waals surface area contributed by atoms with E-state index < -0.39 is 29.7 Å². The Hall–Kier alpha value is -4.34. The van der Waals surface area contributed by atoms with Crippen molar-refractivity contribution < 1.29 is 33.5 Å². The maximum absolute atomic E-state index is 11.2. The molecule has 0 spiro atoms. The minimum Gasteiger partial charge on any atom is -0.494 e. The lowest BCUT2D eigenvalue weighted by molar-refractivity contribution is -0.353. The van der Waals surface area contributed by atoms with Gasteiger partial charge in [-0.15, -0.1) is 0 Å². The lowest BCUT2D eigenvalue weighted by Crippen LogP contribution is -2.67. The molecular weight excluding hydrogens is 640 g/mol. The van der Waals surface area contributed by atoms with Gasteiger partial charge in [0.2, 0.25) is 5.79 Å². The van der Waals surface area contributed by atoms with E-state index in [4.69, 9.17) is 28.4 Å². The molecule has 0 aliphatic carbocycles. The summed E-state index contributed by atoms with van der Waals surface area (Å²) >= 11 is 0. The van der Waals surface area contributed by atoms with Crippen molar-refractivity contribution in [3.05, 3.63) is 172 Å². The third-order valence-electron chi connectivity index (χ3n) is 9.85.